The minimum absolute atomic E-state index is 0.157. The van der Waals surface area contributed by atoms with Crippen LogP contribution in [-0.2, 0) is 10.0 Å². The average Bonchev–Trinajstić information content (AvgIpc) is 2.33. The number of nitrogens with one attached hydrogen (secondary N) is 3. The maximum absolute atomic E-state index is 11.9. The largest absolute Gasteiger partial charge is 0.388 e. The van der Waals surface area contributed by atoms with Crippen molar-refractivity contribution < 1.29 is 13.2 Å². The first-order chi connectivity index (χ1) is 9.13. The van der Waals surface area contributed by atoms with Crippen molar-refractivity contribution >= 4 is 21.6 Å². The van der Waals surface area contributed by atoms with Crippen molar-refractivity contribution in [2.75, 3.05) is 25.2 Å². The Hall–Kier alpha value is -1.67. The van der Waals surface area contributed by atoms with Crippen LogP contribution in [0.15, 0.2) is 18.3 Å². The average molecular weight is 300 g/mol. The van der Waals surface area contributed by atoms with Gasteiger partial charge < -0.3 is 10.6 Å². The molecule has 0 aliphatic carbocycles. The van der Waals surface area contributed by atoms with Crippen LogP contribution in [0.4, 0.5) is 5.69 Å². The van der Waals surface area contributed by atoms with Crippen LogP contribution in [0.3, 0.4) is 0 Å². The zero-order valence-electron chi connectivity index (χ0n) is 12.0. The molecule has 7 nitrogen and oxygen atoms in total. The minimum Gasteiger partial charge on any atom is -0.388 e. The predicted octanol–water partition coefficient (Wildman–Crippen LogP) is 0.181. The Bertz CT molecular complexity index is 584. The molecule has 1 heterocycles. The zero-order chi connectivity index (χ0) is 15.4. The Morgan fingerprint density at radius 2 is 2.05 bits per heavy atom. The van der Waals surface area contributed by atoms with Gasteiger partial charge >= 0.3 is 0 Å². The molecule has 1 rings (SSSR count). The monoisotopic (exact) mass is 300 g/mol. The topological polar surface area (TPSA) is 100 Å². The first-order valence-corrected chi connectivity index (χ1v) is 7.93. The second-order valence-corrected chi connectivity index (χ2v) is 6.87. The molecule has 0 unspecified atom stereocenters. The molecule has 0 aliphatic heterocycles. The fourth-order valence-electron chi connectivity index (χ4n) is 1.64. The summed E-state index contributed by atoms with van der Waals surface area (Å²) >= 11 is 0. The lowest BCUT2D eigenvalue weighted by Crippen LogP contribution is -2.51. The van der Waals surface area contributed by atoms with Gasteiger partial charge in [0.05, 0.1) is 6.26 Å². The Balaban J connectivity index is 2.67. The molecule has 0 saturated carbocycles. The van der Waals surface area contributed by atoms with Crippen molar-refractivity contribution in [1.29, 1.82) is 0 Å². The number of carbonyl (C=O) groups is 1. The van der Waals surface area contributed by atoms with Gasteiger partial charge in [0.25, 0.3) is 5.91 Å². The normalized spacial score (nSPS) is 12.0. The van der Waals surface area contributed by atoms with Gasteiger partial charge in [-0.05, 0) is 26.0 Å². The highest BCUT2D eigenvalue weighted by Crippen LogP contribution is 2.07. The van der Waals surface area contributed by atoms with Crippen LogP contribution in [0.1, 0.15) is 24.3 Å². The molecule has 0 radical (unpaired) electrons. The van der Waals surface area contributed by atoms with Gasteiger partial charge in [-0.2, -0.15) is 0 Å². The van der Waals surface area contributed by atoms with Crippen LogP contribution in [0.2, 0.25) is 0 Å². The number of anilines is 1. The summed E-state index contributed by atoms with van der Waals surface area (Å²) in [6.07, 6.45) is 2.61. The molecule has 0 fully saturated rings. The van der Waals surface area contributed by atoms with E-state index in [0.29, 0.717) is 0 Å². The number of sulfonamides is 1. The van der Waals surface area contributed by atoms with Crippen LogP contribution >= 0.6 is 0 Å². The molecule has 1 amide bonds. The van der Waals surface area contributed by atoms with Gasteiger partial charge in [-0.15, -0.1) is 0 Å². The number of pyridine rings is 1. The van der Waals surface area contributed by atoms with Gasteiger partial charge in [0.15, 0.2) is 0 Å². The number of rotatable bonds is 6. The second-order valence-electron chi connectivity index (χ2n) is 5.12. The third-order valence-electron chi connectivity index (χ3n) is 2.43. The molecule has 1 aromatic rings. The zero-order valence-corrected chi connectivity index (χ0v) is 12.8. The fourth-order valence-corrected chi connectivity index (χ4v) is 2.72. The van der Waals surface area contributed by atoms with E-state index in [1.807, 2.05) is 0 Å². The van der Waals surface area contributed by atoms with Gasteiger partial charge in [-0.25, -0.2) is 13.1 Å². The summed E-state index contributed by atoms with van der Waals surface area (Å²) in [4.78, 5) is 15.9. The molecular weight excluding hydrogens is 280 g/mol. The van der Waals surface area contributed by atoms with Crippen molar-refractivity contribution in [2.45, 2.75) is 19.4 Å². The maximum atomic E-state index is 11.9. The van der Waals surface area contributed by atoms with E-state index in [1.54, 1.807) is 33.0 Å². The molecule has 0 spiro atoms. The number of hydrogen-bond donors (Lipinski definition) is 3. The van der Waals surface area contributed by atoms with Crippen LogP contribution in [0.25, 0.3) is 0 Å². The van der Waals surface area contributed by atoms with E-state index >= 15 is 0 Å². The molecule has 112 valence electrons. The highest BCUT2D eigenvalue weighted by Gasteiger charge is 2.23. The van der Waals surface area contributed by atoms with Gasteiger partial charge in [0.2, 0.25) is 10.0 Å². The Kier molecular flexibility index (Phi) is 5.07. The summed E-state index contributed by atoms with van der Waals surface area (Å²) < 4.78 is 24.9. The predicted molar refractivity (Wildman–Crippen MR) is 78.2 cm³/mol. The minimum atomic E-state index is -3.33. The van der Waals surface area contributed by atoms with E-state index in [2.05, 4.69) is 20.3 Å². The Morgan fingerprint density at radius 3 is 2.60 bits per heavy atom. The number of hydrogen-bond acceptors (Lipinski definition) is 5. The maximum Gasteiger partial charge on any atom is 0.270 e. The lowest BCUT2D eigenvalue weighted by Gasteiger charge is -2.25. The summed E-state index contributed by atoms with van der Waals surface area (Å²) in [5.41, 5.74) is 0.273. The fraction of sp³-hybridized carbons (Fsp3) is 0.500. The lowest BCUT2D eigenvalue weighted by atomic mass is 10.1. The van der Waals surface area contributed by atoms with E-state index in [4.69, 9.17) is 0 Å². The van der Waals surface area contributed by atoms with Gasteiger partial charge in [0.1, 0.15) is 5.69 Å². The standard InChI is InChI=1S/C12H20N4O3S/c1-12(2,16-20(4,18)19)8-15-11(17)10-7-9(13-3)5-6-14-10/h5-7,16H,8H2,1-4H3,(H,13,14)(H,15,17). The lowest BCUT2D eigenvalue weighted by molar-refractivity contribution is 0.0939. The quantitative estimate of drug-likeness (QED) is 0.696. The molecular formula is C12H20N4O3S. The Labute approximate surface area is 119 Å². The third kappa shape index (κ3) is 5.54. The molecule has 0 bridgehead atoms. The van der Waals surface area contributed by atoms with Crippen molar-refractivity contribution in [3.8, 4) is 0 Å². The first kappa shape index (κ1) is 16.4. The van der Waals surface area contributed by atoms with E-state index < -0.39 is 15.6 Å². The number of nitrogens with zero attached hydrogens (tertiary/aromatic N) is 1. The summed E-state index contributed by atoms with van der Waals surface area (Å²) in [5, 5.41) is 5.57. The molecule has 0 atom stereocenters. The van der Waals surface area contributed by atoms with Gasteiger partial charge in [-0.1, -0.05) is 0 Å². The summed E-state index contributed by atoms with van der Waals surface area (Å²) in [6.45, 7) is 3.53. The van der Waals surface area contributed by atoms with Gasteiger partial charge in [0, 0.05) is 31.0 Å². The van der Waals surface area contributed by atoms with E-state index in [0.717, 1.165) is 11.9 Å². The van der Waals surface area contributed by atoms with Crippen LogP contribution in [0.5, 0.6) is 0 Å². The van der Waals surface area contributed by atoms with Gasteiger partial charge in [-0.3, -0.25) is 9.78 Å². The van der Waals surface area contributed by atoms with Crippen molar-refractivity contribution in [3.05, 3.63) is 24.0 Å². The smallest absolute Gasteiger partial charge is 0.270 e. The Morgan fingerprint density at radius 1 is 1.40 bits per heavy atom. The molecule has 3 N–H and O–H groups in total. The highest BCUT2D eigenvalue weighted by atomic mass is 32.2. The SMILES string of the molecule is CNc1ccnc(C(=O)NCC(C)(C)NS(C)(=O)=O)c1. The third-order valence-corrected chi connectivity index (χ3v) is 3.36. The number of aromatic nitrogens is 1. The van der Waals surface area contributed by atoms with Crippen LogP contribution < -0.4 is 15.4 Å². The molecule has 1 aromatic heterocycles. The van der Waals surface area contributed by atoms with E-state index in [1.165, 1.54) is 6.20 Å². The first-order valence-electron chi connectivity index (χ1n) is 6.04. The van der Waals surface area contributed by atoms with Crippen molar-refractivity contribution in [2.24, 2.45) is 0 Å². The van der Waals surface area contributed by atoms with E-state index in [9.17, 15) is 13.2 Å². The summed E-state index contributed by atoms with van der Waals surface area (Å²) in [5.74, 6) is -0.356. The highest BCUT2D eigenvalue weighted by molar-refractivity contribution is 7.88. The summed E-state index contributed by atoms with van der Waals surface area (Å²) in [7, 11) is -1.59. The summed E-state index contributed by atoms with van der Waals surface area (Å²) in [6, 6.07) is 3.36. The molecule has 0 aromatic carbocycles. The molecule has 8 heteroatoms. The molecule has 20 heavy (non-hydrogen) atoms. The molecule has 0 aliphatic rings. The van der Waals surface area contributed by atoms with Crippen molar-refractivity contribution in [3.63, 3.8) is 0 Å². The number of carbonyl (C=O) groups excluding carboxylic acids is 1. The van der Waals surface area contributed by atoms with Crippen LogP contribution in [-0.4, -0.2) is 44.7 Å². The number of amides is 1. The van der Waals surface area contributed by atoms with E-state index in [-0.39, 0.29) is 18.1 Å². The molecule has 0 saturated heterocycles. The second kappa shape index (κ2) is 6.19. The van der Waals surface area contributed by atoms with Crippen LogP contribution in [0, 0.1) is 0 Å². The van der Waals surface area contributed by atoms with Crippen molar-refractivity contribution in [1.82, 2.24) is 15.0 Å².